The molecule has 0 amide bonds. The lowest BCUT2D eigenvalue weighted by molar-refractivity contribution is 0.201. The van der Waals surface area contributed by atoms with E-state index >= 15 is 0 Å². The van der Waals surface area contributed by atoms with E-state index in [9.17, 15) is 0 Å². The molecular weight excluding hydrogens is 124 g/mol. The Morgan fingerprint density at radius 3 is 2.20 bits per heavy atom. The predicted octanol–water partition coefficient (Wildman–Crippen LogP) is 0.818. The van der Waals surface area contributed by atoms with Crippen LogP contribution in [0.25, 0.3) is 0 Å². The molecule has 2 atom stereocenters. The summed E-state index contributed by atoms with van der Waals surface area (Å²) in [6, 6.07) is 1.05. The first-order valence-corrected chi connectivity index (χ1v) is 4.14. The summed E-state index contributed by atoms with van der Waals surface area (Å²) in [4.78, 5) is 2.25. The Kier molecular flexibility index (Phi) is 2.69. The van der Waals surface area contributed by atoms with Crippen LogP contribution in [0.2, 0.25) is 0 Å². The van der Waals surface area contributed by atoms with E-state index in [0.29, 0.717) is 12.1 Å². The highest BCUT2D eigenvalue weighted by atomic mass is 15.1. The number of likely N-dealkylation sites (N-methyl/N-ethyl adjacent to an activating group) is 1. The van der Waals surface area contributed by atoms with Crippen molar-refractivity contribution in [2.45, 2.75) is 37.8 Å². The highest BCUT2D eigenvalue weighted by Gasteiger charge is 2.22. The van der Waals surface area contributed by atoms with Crippen LogP contribution >= 0.6 is 0 Å². The van der Waals surface area contributed by atoms with Crippen LogP contribution < -0.4 is 5.73 Å². The van der Waals surface area contributed by atoms with Crippen molar-refractivity contribution in [3.63, 3.8) is 0 Å². The second-order valence-corrected chi connectivity index (χ2v) is 3.48. The van der Waals surface area contributed by atoms with Gasteiger partial charge in [0.1, 0.15) is 0 Å². The molecule has 0 unspecified atom stereocenters. The van der Waals surface area contributed by atoms with Crippen LogP contribution in [0.5, 0.6) is 0 Å². The fourth-order valence-electron chi connectivity index (χ4n) is 1.78. The standard InChI is InChI=1S/C8H18N2/c1-10(2)8-6-4-3-5-7(8)9/h7-8H,3-6,9H2,1-2H3/t7-,8-/m0/s1. The Bertz CT molecular complexity index is 101. The molecule has 1 aliphatic carbocycles. The molecule has 0 aromatic carbocycles. The first-order chi connectivity index (χ1) is 4.72. The molecule has 0 radical (unpaired) electrons. The quantitative estimate of drug-likeness (QED) is 0.587. The van der Waals surface area contributed by atoms with Gasteiger partial charge in [-0.3, -0.25) is 0 Å². The molecule has 2 N–H and O–H groups in total. The number of hydrogen-bond donors (Lipinski definition) is 1. The second kappa shape index (κ2) is 3.35. The van der Waals surface area contributed by atoms with E-state index in [0.717, 1.165) is 0 Å². The minimum Gasteiger partial charge on any atom is -0.326 e. The maximum atomic E-state index is 5.94. The van der Waals surface area contributed by atoms with Gasteiger partial charge in [0.05, 0.1) is 0 Å². The summed E-state index contributed by atoms with van der Waals surface area (Å²) in [7, 11) is 4.24. The zero-order chi connectivity index (χ0) is 7.56. The molecule has 0 bridgehead atoms. The van der Waals surface area contributed by atoms with Crippen LogP contribution in [0.3, 0.4) is 0 Å². The molecule has 1 fully saturated rings. The van der Waals surface area contributed by atoms with E-state index in [-0.39, 0.29) is 0 Å². The van der Waals surface area contributed by atoms with Gasteiger partial charge in [-0.1, -0.05) is 12.8 Å². The van der Waals surface area contributed by atoms with Crippen LogP contribution in [0.1, 0.15) is 25.7 Å². The van der Waals surface area contributed by atoms with Crippen molar-refractivity contribution in [3.8, 4) is 0 Å². The maximum Gasteiger partial charge on any atom is 0.0241 e. The highest BCUT2D eigenvalue weighted by molar-refractivity contribution is 4.82. The van der Waals surface area contributed by atoms with Gasteiger partial charge in [0.15, 0.2) is 0 Å². The summed E-state index contributed by atoms with van der Waals surface area (Å²) < 4.78 is 0. The van der Waals surface area contributed by atoms with Crippen LogP contribution in [0, 0.1) is 0 Å². The van der Waals surface area contributed by atoms with Gasteiger partial charge in [0.25, 0.3) is 0 Å². The van der Waals surface area contributed by atoms with Gasteiger partial charge in [-0.05, 0) is 26.9 Å². The van der Waals surface area contributed by atoms with E-state index in [2.05, 4.69) is 19.0 Å². The second-order valence-electron chi connectivity index (χ2n) is 3.48. The molecule has 0 aromatic rings. The highest BCUT2D eigenvalue weighted by Crippen LogP contribution is 2.19. The summed E-state index contributed by atoms with van der Waals surface area (Å²) in [6.45, 7) is 0. The molecule has 2 nitrogen and oxygen atoms in total. The van der Waals surface area contributed by atoms with E-state index in [4.69, 9.17) is 5.73 Å². The molecule has 0 saturated heterocycles. The minimum atomic E-state index is 0.420. The Labute approximate surface area is 63.4 Å². The lowest BCUT2D eigenvalue weighted by Gasteiger charge is -2.33. The van der Waals surface area contributed by atoms with E-state index < -0.39 is 0 Å². The van der Waals surface area contributed by atoms with Crippen molar-refractivity contribution in [1.82, 2.24) is 4.90 Å². The predicted molar refractivity (Wildman–Crippen MR) is 43.9 cm³/mol. The molecular formula is C8H18N2. The summed E-state index contributed by atoms with van der Waals surface area (Å²) >= 11 is 0. The smallest absolute Gasteiger partial charge is 0.0241 e. The molecule has 1 aliphatic rings. The molecule has 0 aliphatic heterocycles. The van der Waals surface area contributed by atoms with Gasteiger partial charge < -0.3 is 10.6 Å². The molecule has 0 heterocycles. The van der Waals surface area contributed by atoms with E-state index in [1.807, 2.05) is 0 Å². The average Bonchev–Trinajstić information content (AvgIpc) is 1.88. The van der Waals surface area contributed by atoms with Gasteiger partial charge in [0.2, 0.25) is 0 Å². The molecule has 1 saturated carbocycles. The Morgan fingerprint density at radius 2 is 1.80 bits per heavy atom. The van der Waals surface area contributed by atoms with Gasteiger partial charge in [-0.15, -0.1) is 0 Å². The zero-order valence-electron chi connectivity index (χ0n) is 7.01. The van der Waals surface area contributed by atoms with Gasteiger partial charge in [-0.2, -0.15) is 0 Å². The fourth-order valence-corrected chi connectivity index (χ4v) is 1.78. The Morgan fingerprint density at radius 1 is 1.20 bits per heavy atom. The monoisotopic (exact) mass is 142 g/mol. The van der Waals surface area contributed by atoms with Gasteiger partial charge in [0, 0.05) is 12.1 Å². The molecule has 2 heteroatoms. The molecule has 10 heavy (non-hydrogen) atoms. The minimum absolute atomic E-state index is 0.420. The van der Waals surface area contributed by atoms with Gasteiger partial charge >= 0.3 is 0 Å². The summed E-state index contributed by atoms with van der Waals surface area (Å²) in [6.07, 6.45) is 5.18. The molecule has 0 spiro atoms. The van der Waals surface area contributed by atoms with E-state index in [1.54, 1.807) is 0 Å². The number of nitrogens with zero attached hydrogens (tertiary/aromatic N) is 1. The molecule has 0 aromatic heterocycles. The van der Waals surface area contributed by atoms with Crippen molar-refractivity contribution in [2.75, 3.05) is 14.1 Å². The first-order valence-electron chi connectivity index (χ1n) is 4.14. The number of hydrogen-bond acceptors (Lipinski definition) is 2. The topological polar surface area (TPSA) is 29.3 Å². The number of nitrogens with two attached hydrogens (primary N) is 1. The van der Waals surface area contributed by atoms with Gasteiger partial charge in [-0.25, -0.2) is 0 Å². The fraction of sp³-hybridized carbons (Fsp3) is 1.00. The molecule has 1 rings (SSSR count). The first kappa shape index (κ1) is 8.02. The summed E-state index contributed by atoms with van der Waals surface area (Å²) in [5, 5.41) is 0. The van der Waals surface area contributed by atoms with Crippen LogP contribution in [0.4, 0.5) is 0 Å². The van der Waals surface area contributed by atoms with Crippen molar-refractivity contribution < 1.29 is 0 Å². The van der Waals surface area contributed by atoms with Crippen LogP contribution in [-0.2, 0) is 0 Å². The lowest BCUT2D eigenvalue weighted by atomic mass is 9.90. The van der Waals surface area contributed by atoms with Crippen molar-refractivity contribution in [3.05, 3.63) is 0 Å². The zero-order valence-corrected chi connectivity index (χ0v) is 7.01. The number of rotatable bonds is 1. The normalized spacial score (nSPS) is 34.8. The average molecular weight is 142 g/mol. The molecule has 60 valence electrons. The van der Waals surface area contributed by atoms with Crippen molar-refractivity contribution >= 4 is 0 Å². The summed E-state index contributed by atoms with van der Waals surface area (Å²) in [5.41, 5.74) is 5.94. The lowest BCUT2D eigenvalue weighted by Crippen LogP contribution is -2.46. The van der Waals surface area contributed by atoms with Crippen molar-refractivity contribution in [1.29, 1.82) is 0 Å². The third-order valence-electron chi connectivity index (χ3n) is 2.44. The largest absolute Gasteiger partial charge is 0.326 e. The maximum absolute atomic E-state index is 5.94. The third kappa shape index (κ3) is 1.70. The Balaban J connectivity index is 2.40. The van der Waals surface area contributed by atoms with Crippen molar-refractivity contribution in [2.24, 2.45) is 5.73 Å². The third-order valence-corrected chi connectivity index (χ3v) is 2.44. The Hall–Kier alpha value is -0.0800. The van der Waals surface area contributed by atoms with E-state index in [1.165, 1.54) is 25.7 Å². The summed E-state index contributed by atoms with van der Waals surface area (Å²) in [5.74, 6) is 0. The van der Waals surface area contributed by atoms with Crippen LogP contribution in [0.15, 0.2) is 0 Å². The SMILES string of the molecule is CN(C)[C@H]1CCCC[C@@H]1N. The van der Waals surface area contributed by atoms with Crippen LogP contribution in [-0.4, -0.2) is 31.1 Å².